The molecule has 4 fully saturated rings. The molecule has 5 atom stereocenters. The minimum absolute atomic E-state index is 0.00244. The van der Waals surface area contributed by atoms with Crippen LogP contribution in [0.5, 0.6) is 11.5 Å². The van der Waals surface area contributed by atoms with Gasteiger partial charge in [0.05, 0.1) is 36.7 Å². The van der Waals surface area contributed by atoms with Crippen LogP contribution >= 0.6 is 0 Å². The number of fused-ring (bicyclic) bond motifs is 3. The number of nitrogens with zero attached hydrogens (tertiary/aromatic N) is 2. The molecule has 3 saturated carbocycles. The topological polar surface area (TPSA) is 182 Å². The van der Waals surface area contributed by atoms with E-state index >= 15 is 4.79 Å². The van der Waals surface area contributed by atoms with Crippen molar-refractivity contribution in [1.29, 1.82) is 0 Å². The number of methoxy groups -OCH3 is 1. The quantitative estimate of drug-likeness (QED) is 0.205. The number of carbonyl (C=O) groups is 4. The number of ether oxygens (including phenoxy) is 3. The first-order chi connectivity index (χ1) is 29.7. The van der Waals surface area contributed by atoms with E-state index in [1.807, 2.05) is 42.5 Å². The van der Waals surface area contributed by atoms with Gasteiger partial charge in [-0.05, 0) is 74.3 Å². The third-order valence-corrected chi connectivity index (χ3v) is 15.3. The van der Waals surface area contributed by atoms with E-state index in [1.54, 1.807) is 7.11 Å². The molecule has 1 aromatic heterocycles. The number of sulfonamides is 1. The molecule has 5 aliphatic rings. The SMILES string of the molecule is C=C[C@@H]1C[C@]1(NC(=O)[C@@H]1C[C@@H]2CN1C(=O)[C@H](C1CCCCC1)NC(=O)OCC(C)(C)CCCCc1cc3c(cc(-c4ccccc4)nc3cc1OC)O2)C(=O)NS(=O)(=O)C1CC1. The van der Waals surface area contributed by atoms with Gasteiger partial charge in [0.15, 0.2) is 0 Å². The normalized spacial score (nSPS) is 27.1. The van der Waals surface area contributed by atoms with E-state index in [9.17, 15) is 22.8 Å². The summed E-state index contributed by atoms with van der Waals surface area (Å²) in [7, 11) is -2.27. The number of aryl methyl sites for hydroxylation is 1. The van der Waals surface area contributed by atoms with Crippen molar-refractivity contribution in [3.05, 3.63) is 66.7 Å². The Bertz CT molecular complexity index is 2330. The molecule has 3 N–H and O–H groups in total. The van der Waals surface area contributed by atoms with Crippen molar-refractivity contribution in [3.8, 4) is 22.8 Å². The monoisotopic (exact) mass is 869 g/mol. The van der Waals surface area contributed by atoms with Gasteiger partial charge in [-0.2, -0.15) is 0 Å². The zero-order chi connectivity index (χ0) is 43.8. The van der Waals surface area contributed by atoms with E-state index in [0.29, 0.717) is 48.4 Å². The average molecular weight is 870 g/mol. The van der Waals surface area contributed by atoms with Gasteiger partial charge in [0, 0.05) is 35.4 Å². The number of pyridine rings is 1. The van der Waals surface area contributed by atoms with Crippen molar-refractivity contribution < 1.29 is 41.8 Å². The Balaban J connectivity index is 1.19. The molecule has 2 aliphatic heterocycles. The molecule has 15 heteroatoms. The molecule has 62 heavy (non-hydrogen) atoms. The Morgan fingerprint density at radius 3 is 2.47 bits per heavy atom. The molecule has 1 saturated heterocycles. The van der Waals surface area contributed by atoms with E-state index in [-0.39, 0.29) is 37.3 Å². The predicted octanol–water partition coefficient (Wildman–Crippen LogP) is 6.36. The van der Waals surface area contributed by atoms with Crippen molar-refractivity contribution in [3.63, 3.8) is 0 Å². The molecule has 14 nitrogen and oxygen atoms in total. The third-order valence-electron chi connectivity index (χ3n) is 13.4. The lowest BCUT2D eigenvalue weighted by atomic mass is 9.83. The fourth-order valence-electron chi connectivity index (χ4n) is 9.53. The Kier molecular flexibility index (Phi) is 12.3. The lowest BCUT2D eigenvalue weighted by Crippen LogP contribution is -2.59. The first-order valence-electron chi connectivity index (χ1n) is 22.2. The molecule has 3 aromatic rings. The number of amides is 4. The largest absolute Gasteiger partial charge is 0.496 e. The number of benzene rings is 2. The number of alkyl carbamates (subject to hydrolysis) is 1. The number of rotatable bonds is 9. The zero-order valence-corrected chi connectivity index (χ0v) is 36.8. The average Bonchev–Trinajstić information content (AvgIpc) is 4.20. The fourth-order valence-corrected chi connectivity index (χ4v) is 10.9. The Hall–Kier alpha value is -5.18. The number of nitrogens with one attached hydrogen (secondary N) is 3. The van der Waals surface area contributed by atoms with Gasteiger partial charge in [0.25, 0.3) is 5.91 Å². The van der Waals surface area contributed by atoms with E-state index < -0.39 is 68.7 Å². The summed E-state index contributed by atoms with van der Waals surface area (Å²) >= 11 is 0. The van der Waals surface area contributed by atoms with Crippen molar-refractivity contribution in [2.45, 2.75) is 126 Å². The molecule has 3 aliphatic carbocycles. The highest BCUT2D eigenvalue weighted by molar-refractivity contribution is 7.91. The molecule has 0 spiro atoms. The Labute approximate surface area is 364 Å². The van der Waals surface area contributed by atoms with Gasteiger partial charge in [-0.1, -0.05) is 75.9 Å². The van der Waals surface area contributed by atoms with Crippen LogP contribution in [0.15, 0.2) is 61.2 Å². The van der Waals surface area contributed by atoms with Gasteiger partial charge in [0.2, 0.25) is 21.8 Å². The van der Waals surface area contributed by atoms with Crippen LogP contribution in [0.1, 0.15) is 96.5 Å². The van der Waals surface area contributed by atoms with Crippen molar-refractivity contribution in [2.24, 2.45) is 17.3 Å². The minimum atomic E-state index is -3.92. The summed E-state index contributed by atoms with van der Waals surface area (Å²) in [5.74, 6) is -1.38. The summed E-state index contributed by atoms with van der Waals surface area (Å²) in [6.45, 7) is 8.10. The maximum absolute atomic E-state index is 15.1. The Morgan fingerprint density at radius 1 is 1.02 bits per heavy atom. The van der Waals surface area contributed by atoms with Crippen LogP contribution in [0.25, 0.3) is 22.2 Å². The van der Waals surface area contributed by atoms with Crippen LogP contribution in [0.2, 0.25) is 0 Å². The molecular weight excluding hydrogens is 811 g/mol. The van der Waals surface area contributed by atoms with Gasteiger partial charge in [-0.3, -0.25) is 19.1 Å². The van der Waals surface area contributed by atoms with Crippen LogP contribution in [0.4, 0.5) is 4.79 Å². The fraction of sp³-hybridized carbons (Fsp3) is 0.553. The number of carbonyl (C=O) groups excluding carboxylic acids is 4. The smallest absolute Gasteiger partial charge is 0.407 e. The molecule has 2 aromatic carbocycles. The van der Waals surface area contributed by atoms with Crippen molar-refractivity contribution in [1.82, 2.24) is 25.2 Å². The van der Waals surface area contributed by atoms with Gasteiger partial charge in [-0.25, -0.2) is 18.2 Å². The number of aromatic nitrogens is 1. The van der Waals surface area contributed by atoms with Crippen LogP contribution in [-0.2, 0) is 35.6 Å². The van der Waals surface area contributed by atoms with Crippen molar-refractivity contribution >= 4 is 44.7 Å². The van der Waals surface area contributed by atoms with Gasteiger partial charge < -0.3 is 29.7 Å². The first kappa shape index (κ1) is 43.5. The second-order valence-electron chi connectivity index (χ2n) is 18.7. The standard InChI is InChI=1S/C47H59N5O9S/c1-5-32-26-47(32,44(55)51-62(57,58)34-19-20-34)50-42(53)38-23-33-27-52(38)43(54)41(30-16-10-7-11-17-30)49-45(56)60-28-46(2,3)21-13-12-18-31-22-35-37(25-39(31)59-4)48-36(24-40(35)61-33)29-14-8-6-9-15-29/h5-6,8-9,14-15,22,24-25,30,32-34,38,41H,1,7,10-13,16-21,23,26-28H2,2-4H3,(H,49,56)(H,50,53)(H,51,55)/t32-,33-,38+,41+,47-/m1/s1. The second kappa shape index (κ2) is 17.5. The van der Waals surface area contributed by atoms with Crippen molar-refractivity contribution in [2.75, 3.05) is 20.3 Å². The summed E-state index contributed by atoms with van der Waals surface area (Å²) in [5, 5.41) is 5.93. The molecule has 4 amide bonds. The molecule has 0 unspecified atom stereocenters. The van der Waals surface area contributed by atoms with Crippen LogP contribution in [0.3, 0.4) is 0 Å². The molecule has 3 heterocycles. The van der Waals surface area contributed by atoms with Crippen LogP contribution in [0, 0.1) is 17.3 Å². The Morgan fingerprint density at radius 2 is 1.77 bits per heavy atom. The third kappa shape index (κ3) is 9.28. The molecule has 332 valence electrons. The highest BCUT2D eigenvalue weighted by atomic mass is 32.2. The van der Waals surface area contributed by atoms with Gasteiger partial charge in [0.1, 0.15) is 35.2 Å². The summed E-state index contributed by atoms with van der Waals surface area (Å²) in [5.41, 5.74) is 1.28. The summed E-state index contributed by atoms with van der Waals surface area (Å²) in [6, 6.07) is 13.5. The summed E-state index contributed by atoms with van der Waals surface area (Å²) in [4.78, 5) is 63.7. The van der Waals surface area contributed by atoms with Gasteiger partial charge in [-0.15, -0.1) is 6.58 Å². The maximum atomic E-state index is 15.1. The molecule has 0 radical (unpaired) electrons. The lowest BCUT2D eigenvalue weighted by molar-refractivity contribution is -0.142. The van der Waals surface area contributed by atoms with E-state index in [2.05, 4.69) is 41.8 Å². The maximum Gasteiger partial charge on any atom is 0.407 e. The number of cyclic esters (lactones) is 1. The van der Waals surface area contributed by atoms with Crippen LogP contribution in [-0.4, -0.2) is 91.4 Å². The van der Waals surface area contributed by atoms with Crippen LogP contribution < -0.4 is 24.8 Å². The zero-order valence-electron chi connectivity index (χ0n) is 36.0. The first-order valence-corrected chi connectivity index (χ1v) is 23.7. The molecule has 4 bridgehead atoms. The predicted molar refractivity (Wildman–Crippen MR) is 234 cm³/mol. The minimum Gasteiger partial charge on any atom is -0.496 e. The second-order valence-corrected chi connectivity index (χ2v) is 20.6. The molecular formula is C47H59N5O9S. The van der Waals surface area contributed by atoms with E-state index in [0.717, 1.165) is 61.5 Å². The lowest BCUT2D eigenvalue weighted by Gasteiger charge is -2.35. The number of hydrogen-bond donors (Lipinski definition) is 3. The summed E-state index contributed by atoms with van der Waals surface area (Å²) < 4.78 is 46.7. The molecule has 8 rings (SSSR count). The van der Waals surface area contributed by atoms with Gasteiger partial charge >= 0.3 is 6.09 Å². The number of hydrogen-bond acceptors (Lipinski definition) is 10. The summed E-state index contributed by atoms with van der Waals surface area (Å²) in [6.07, 6.45) is 8.74. The van der Waals surface area contributed by atoms with E-state index in [4.69, 9.17) is 19.2 Å². The highest BCUT2D eigenvalue weighted by Crippen LogP contribution is 2.46. The highest BCUT2D eigenvalue weighted by Gasteiger charge is 2.62. The van der Waals surface area contributed by atoms with E-state index in [1.165, 1.54) is 11.0 Å².